The van der Waals surface area contributed by atoms with Crippen molar-refractivity contribution in [3.05, 3.63) is 24.9 Å². The van der Waals surface area contributed by atoms with Crippen molar-refractivity contribution >= 4 is 5.91 Å². The third kappa shape index (κ3) is 2.91. The number of hydrogen-bond acceptors (Lipinski definition) is 2. The number of carbonyl (C=O) groups is 1. The van der Waals surface area contributed by atoms with Gasteiger partial charge in [0.15, 0.2) is 0 Å². The lowest BCUT2D eigenvalue weighted by Crippen LogP contribution is -2.24. The zero-order chi connectivity index (χ0) is 7.98. The molecule has 3 heteroatoms. The number of hydrogen-bond donors (Lipinski definition) is 1. The Morgan fingerprint density at radius 1 is 1.80 bits per heavy atom. The third-order valence-corrected chi connectivity index (χ3v) is 1.02. The fourth-order valence-corrected chi connectivity index (χ4v) is 0.493. The van der Waals surface area contributed by atoms with Crippen molar-refractivity contribution in [3.63, 3.8) is 0 Å². The van der Waals surface area contributed by atoms with Crippen LogP contribution >= 0.6 is 0 Å². The number of nitrogens with zero attached hydrogens (tertiary/aromatic N) is 1. The monoisotopic (exact) mass is 140 g/mol. The molecule has 0 spiro atoms. The molecule has 1 amide bonds. The quantitative estimate of drug-likeness (QED) is 0.446. The van der Waals surface area contributed by atoms with Crippen LogP contribution in [0.15, 0.2) is 24.9 Å². The van der Waals surface area contributed by atoms with Gasteiger partial charge in [0.1, 0.15) is 0 Å². The van der Waals surface area contributed by atoms with Crippen LogP contribution in [0.25, 0.3) is 0 Å². The highest BCUT2D eigenvalue weighted by molar-refractivity contribution is 5.87. The molecule has 0 heterocycles. The third-order valence-electron chi connectivity index (χ3n) is 1.02. The van der Waals surface area contributed by atoms with E-state index >= 15 is 0 Å². The molecule has 10 heavy (non-hydrogen) atoms. The average Bonchev–Trinajstić information content (AvgIpc) is 1.89. The van der Waals surface area contributed by atoms with Crippen LogP contribution in [0.3, 0.4) is 0 Å². The van der Waals surface area contributed by atoms with Gasteiger partial charge in [-0.05, 0) is 6.20 Å². The van der Waals surface area contributed by atoms with Crippen LogP contribution in [-0.4, -0.2) is 24.4 Å². The summed E-state index contributed by atoms with van der Waals surface area (Å²) in [6.45, 7) is 4.04. The standard InChI is InChI=1S/C7H12N2O/c1-3-6-9(2)7(10)4-5-8/h3-5H,1,6,8H2,2H3. The maximum absolute atomic E-state index is 10.8. The molecule has 3 nitrogen and oxygen atoms in total. The van der Waals surface area contributed by atoms with Gasteiger partial charge in [0.25, 0.3) is 0 Å². The van der Waals surface area contributed by atoms with Crippen molar-refractivity contribution in [2.45, 2.75) is 0 Å². The lowest BCUT2D eigenvalue weighted by atomic mass is 10.4. The van der Waals surface area contributed by atoms with E-state index in [1.54, 1.807) is 13.1 Å². The van der Waals surface area contributed by atoms with Gasteiger partial charge in [0, 0.05) is 19.7 Å². The normalized spacial score (nSPS) is 9.70. The van der Waals surface area contributed by atoms with Crippen molar-refractivity contribution in [2.24, 2.45) is 5.73 Å². The van der Waals surface area contributed by atoms with Crippen LogP contribution in [0.5, 0.6) is 0 Å². The number of carbonyl (C=O) groups excluding carboxylic acids is 1. The smallest absolute Gasteiger partial charge is 0.248 e. The van der Waals surface area contributed by atoms with E-state index in [9.17, 15) is 4.79 Å². The van der Waals surface area contributed by atoms with Gasteiger partial charge in [-0.25, -0.2) is 0 Å². The Labute approximate surface area is 60.8 Å². The number of rotatable bonds is 3. The summed E-state index contributed by atoms with van der Waals surface area (Å²) in [5.74, 6) is -0.109. The Morgan fingerprint density at radius 2 is 2.40 bits per heavy atom. The van der Waals surface area contributed by atoms with E-state index in [1.807, 2.05) is 0 Å². The highest BCUT2D eigenvalue weighted by atomic mass is 16.2. The Kier molecular flexibility index (Phi) is 4.04. The topological polar surface area (TPSA) is 46.3 Å². The molecule has 0 bridgehead atoms. The van der Waals surface area contributed by atoms with Crippen molar-refractivity contribution in [2.75, 3.05) is 13.6 Å². The van der Waals surface area contributed by atoms with Crippen LogP contribution in [0.1, 0.15) is 0 Å². The van der Waals surface area contributed by atoms with Crippen molar-refractivity contribution in [3.8, 4) is 0 Å². The van der Waals surface area contributed by atoms with Gasteiger partial charge in [0.05, 0.1) is 0 Å². The molecule has 0 rings (SSSR count). The summed E-state index contributed by atoms with van der Waals surface area (Å²) in [5.41, 5.74) is 5.01. The van der Waals surface area contributed by atoms with Gasteiger partial charge in [-0.1, -0.05) is 6.08 Å². The predicted octanol–water partition coefficient (Wildman–Crippen LogP) is 0.103. The molecule has 0 atom stereocenters. The zero-order valence-corrected chi connectivity index (χ0v) is 6.08. The Balaban J connectivity index is 3.81. The molecule has 0 aliphatic rings. The minimum absolute atomic E-state index is 0.109. The Hall–Kier alpha value is -1.25. The van der Waals surface area contributed by atoms with Gasteiger partial charge >= 0.3 is 0 Å². The molecule has 0 aromatic rings. The second kappa shape index (κ2) is 4.61. The fourth-order valence-electron chi connectivity index (χ4n) is 0.493. The first-order chi connectivity index (χ1) is 4.72. The summed E-state index contributed by atoms with van der Waals surface area (Å²) in [6.07, 6.45) is 4.19. The summed E-state index contributed by atoms with van der Waals surface area (Å²) < 4.78 is 0. The number of amides is 1. The molecule has 0 unspecified atom stereocenters. The SMILES string of the molecule is C=CCN(C)C(=O)C=CN. The van der Waals surface area contributed by atoms with Crippen molar-refractivity contribution in [1.82, 2.24) is 4.90 Å². The zero-order valence-electron chi connectivity index (χ0n) is 6.08. The first kappa shape index (κ1) is 8.75. The molecule has 0 saturated heterocycles. The Bertz CT molecular complexity index is 152. The first-order valence-corrected chi connectivity index (χ1v) is 2.96. The van der Waals surface area contributed by atoms with E-state index in [0.717, 1.165) is 0 Å². The number of likely N-dealkylation sites (N-methyl/N-ethyl adjacent to an activating group) is 1. The van der Waals surface area contributed by atoms with Gasteiger partial charge in [-0.2, -0.15) is 0 Å². The molecule has 56 valence electrons. The molecular weight excluding hydrogens is 128 g/mol. The summed E-state index contributed by atoms with van der Waals surface area (Å²) in [6, 6.07) is 0. The summed E-state index contributed by atoms with van der Waals surface area (Å²) in [7, 11) is 1.68. The van der Waals surface area contributed by atoms with Crippen LogP contribution in [0, 0.1) is 0 Å². The van der Waals surface area contributed by atoms with Crippen LogP contribution in [0.4, 0.5) is 0 Å². The minimum Gasteiger partial charge on any atom is -0.404 e. The molecule has 0 radical (unpaired) electrons. The largest absolute Gasteiger partial charge is 0.404 e. The maximum atomic E-state index is 10.8. The van der Waals surface area contributed by atoms with Gasteiger partial charge in [-0.15, -0.1) is 6.58 Å². The lowest BCUT2D eigenvalue weighted by molar-refractivity contribution is -0.124. The second-order valence-corrected chi connectivity index (χ2v) is 1.87. The molecule has 0 aliphatic heterocycles. The molecule has 0 aromatic heterocycles. The molecule has 0 saturated carbocycles. The van der Waals surface area contributed by atoms with Crippen LogP contribution in [0.2, 0.25) is 0 Å². The highest BCUT2D eigenvalue weighted by Gasteiger charge is 1.99. The molecule has 2 N–H and O–H groups in total. The minimum atomic E-state index is -0.109. The Morgan fingerprint density at radius 3 is 2.80 bits per heavy atom. The van der Waals surface area contributed by atoms with E-state index in [-0.39, 0.29) is 5.91 Å². The summed E-state index contributed by atoms with van der Waals surface area (Å²) >= 11 is 0. The van der Waals surface area contributed by atoms with E-state index in [0.29, 0.717) is 6.54 Å². The van der Waals surface area contributed by atoms with E-state index in [2.05, 4.69) is 6.58 Å². The lowest BCUT2D eigenvalue weighted by Gasteiger charge is -2.10. The van der Waals surface area contributed by atoms with E-state index in [1.165, 1.54) is 17.2 Å². The molecule has 0 aliphatic carbocycles. The summed E-state index contributed by atoms with van der Waals surface area (Å²) in [4.78, 5) is 12.4. The second-order valence-electron chi connectivity index (χ2n) is 1.87. The van der Waals surface area contributed by atoms with Gasteiger partial charge in [-0.3, -0.25) is 4.79 Å². The van der Waals surface area contributed by atoms with Gasteiger partial charge < -0.3 is 10.6 Å². The first-order valence-electron chi connectivity index (χ1n) is 2.96. The molecule has 0 aromatic carbocycles. The van der Waals surface area contributed by atoms with Crippen LogP contribution in [-0.2, 0) is 4.79 Å². The average molecular weight is 140 g/mol. The highest BCUT2D eigenvalue weighted by Crippen LogP contribution is 1.84. The molecule has 0 fully saturated rings. The van der Waals surface area contributed by atoms with Crippen molar-refractivity contribution < 1.29 is 4.79 Å². The maximum Gasteiger partial charge on any atom is 0.248 e. The summed E-state index contributed by atoms with van der Waals surface area (Å²) in [5, 5.41) is 0. The number of nitrogens with two attached hydrogens (primary N) is 1. The van der Waals surface area contributed by atoms with Crippen molar-refractivity contribution in [1.29, 1.82) is 0 Å². The molecular formula is C7H12N2O. The van der Waals surface area contributed by atoms with E-state index in [4.69, 9.17) is 5.73 Å². The van der Waals surface area contributed by atoms with E-state index < -0.39 is 0 Å². The fraction of sp³-hybridized carbons (Fsp3) is 0.286. The van der Waals surface area contributed by atoms with Crippen LogP contribution < -0.4 is 5.73 Å². The van der Waals surface area contributed by atoms with Gasteiger partial charge in [0.2, 0.25) is 5.91 Å². The predicted molar refractivity (Wildman–Crippen MR) is 41.2 cm³/mol.